The van der Waals surface area contributed by atoms with Gasteiger partial charge in [0.25, 0.3) is 0 Å². The molecule has 7 nitrogen and oxygen atoms in total. The van der Waals surface area contributed by atoms with Crippen molar-refractivity contribution < 1.29 is 28.0 Å². The van der Waals surface area contributed by atoms with Crippen LogP contribution in [0, 0.1) is 0 Å². The molecule has 17 heavy (non-hydrogen) atoms. The lowest BCUT2D eigenvalue weighted by Crippen LogP contribution is -2.16. The number of aliphatic hydroxyl groups excluding tert-OH is 1. The van der Waals surface area contributed by atoms with Gasteiger partial charge in [-0.1, -0.05) is 12.1 Å². The number of nitrogens with one attached hydrogen (secondary N) is 1. The third kappa shape index (κ3) is 3.70. The van der Waals surface area contributed by atoms with Crippen molar-refractivity contribution in [2.75, 3.05) is 11.3 Å². The van der Waals surface area contributed by atoms with Crippen LogP contribution >= 0.6 is 0 Å². The van der Waals surface area contributed by atoms with Gasteiger partial charge in [0.1, 0.15) is 0 Å². The lowest BCUT2D eigenvalue weighted by molar-refractivity contribution is 0.0698. The highest BCUT2D eigenvalue weighted by Crippen LogP contribution is 2.22. The van der Waals surface area contributed by atoms with Crippen LogP contribution in [0.15, 0.2) is 18.2 Å². The second-order valence-corrected chi connectivity index (χ2v) is 4.35. The van der Waals surface area contributed by atoms with E-state index in [9.17, 15) is 13.2 Å². The monoisotopic (exact) mass is 261 g/mol. The maximum Gasteiger partial charge on any atom is 0.357 e. The van der Waals surface area contributed by atoms with Crippen LogP contribution in [0.2, 0.25) is 0 Å². The van der Waals surface area contributed by atoms with Gasteiger partial charge < -0.3 is 10.2 Å². The van der Waals surface area contributed by atoms with E-state index < -0.39 is 16.3 Å². The van der Waals surface area contributed by atoms with Crippen molar-refractivity contribution in [3.63, 3.8) is 0 Å². The molecule has 0 aromatic heterocycles. The maximum atomic E-state index is 10.9. The zero-order chi connectivity index (χ0) is 13.1. The Labute approximate surface area is 97.6 Å². The number of benzene rings is 1. The second-order valence-electron chi connectivity index (χ2n) is 3.20. The number of anilines is 1. The molecule has 0 aliphatic carbocycles. The SMILES string of the molecule is O=C(O)c1cccc(CCO)c1NS(=O)(=O)O. The molecule has 0 atom stereocenters. The number of hydrogen-bond donors (Lipinski definition) is 4. The Morgan fingerprint density at radius 1 is 1.35 bits per heavy atom. The quantitative estimate of drug-likeness (QED) is 0.559. The third-order valence-corrected chi connectivity index (χ3v) is 2.46. The molecule has 0 aliphatic heterocycles. The first kappa shape index (κ1) is 13.4. The van der Waals surface area contributed by atoms with Crippen LogP contribution in [-0.4, -0.2) is 35.8 Å². The molecule has 94 valence electrons. The largest absolute Gasteiger partial charge is 0.478 e. The van der Waals surface area contributed by atoms with E-state index in [0.29, 0.717) is 0 Å². The third-order valence-electron chi connectivity index (χ3n) is 1.99. The van der Waals surface area contributed by atoms with E-state index in [-0.39, 0.29) is 29.8 Å². The van der Waals surface area contributed by atoms with Crippen molar-refractivity contribution in [2.45, 2.75) is 6.42 Å². The molecule has 0 saturated carbocycles. The number of aromatic carboxylic acids is 1. The summed E-state index contributed by atoms with van der Waals surface area (Å²) in [7, 11) is -4.57. The van der Waals surface area contributed by atoms with Crippen LogP contribution in [0.3, 0.4) is 0 Å². The molecule has 0 amide bonds. The molecule has 0 fully saturated rings. The van der Waals surface area contributed by atoms with Gasteiger partial charge in [0.2, 0.25) is 0 Å². The Balaban J connectivity index is 3.33. The molecule has 1 aromatic carbocycles. The predicted octanol–water partition coefficient (Wildman–Crippen LogP) is 0.134. The first-order valence-corrected chi connectivity index (χ1v) is 6.00. The molecule has 0 bridgehead atoms. The number of carboxylic acids is 1. The Bertz CT molecular complexity index is 524. The number of carboxylic acid groups (broad SMARTS) is 1. The molecule has 0 aliphatic rings. The maximum absolute atomic E-state index is 10.9. The number of rotatable bonds is 5. The van der Waals surface area contributed by atoms with Gasteiger partial charge in [-0.15, -0.1) is 0 Å². The summed E-state index contributed by atoms with van der Waals surface area (Å²) in [6, 6.07) is 4.07. The van der Waals surface area contributed by atoms with Gasteiger partial charge in [-0.05, 0) is 18.1 Å². The van der Waals surface area contributed by atoms with E-state index in [1.165, 1.54) is 18.2 Å². The van der Waals surface area contributed by atoms with Crippen molar-refractivity contribution >= 4 is 22.0 Å². The topological polar surface area (TPSA) is 124 Å². The van der Waals surface area contributed by atoms with Crippen molar-refractivity contribution in [3.05, 3.63) is 29.3 Å². The minimum Gasteiger partial charge on any atom is -0.478 e. The molecular formula is C9H11NO6S. The zero-order valence-electron chi connectivity index (χ0n) is 8.62. The normalized spacial score (nSPS) is 11.2. The van der Waals surface area contributed by atoms with E-state index in [1.54, 1.807) is 4.72 Å². The average molecular weight is 261 g/mol. The standard InChI is InChI=1S/C9H11NO6S/c11-5-4-6-2-1-3-7(9(12)13)8(6)10-17(14,15)16/h1-3,10-11H,4-5H2,(H,12,13)(H,14,15,16). The van der Waals surface area contributed by atoms with Gasteiger partial charge in [-0.2, -0.15) is 8.42 Å². The van der Waals surface area contributed by atoms with Crippen molar-refractivity contribution in [1.29, 1.82) is 0 Å². The first-order valence-electron chi connectivity index (χ1n) is 4.56. The fourth-order valence-electron chi connectivity index (χ4n) is 1.36. The molecule has 0 saturated heterocycles. The van der Waals surface area contributed by atoms with Crippen LogP contribution in [0.1, 0.15) is 15.9 Å². The molecule has 0 radical (unpaired) electrons. The van der Waals surface area contributed by atoms with Gasteiger partial charge in [0.15, 0.2) is 0 Å². The number of carbonyl (C=O) groups is 1. The van der Waals surface area contributed by atoms with E-state index in [0.717, 1.165) is 0 Å². The molecular weight excluding hydrogens is 250 g/mol. The number of para-hydroxylation sites is 1. The molecule has 1 aromatic rings. The summed E-state index contributed by atoms with van der Waals surface area (Å²) in [5.41, 5.74) is -0.254. The fraction of sp³-hybridized carbons (Fsp3) is 0.222. The van der Waals surface area contributed by atoms with Gasteiger partial charge in [0, 0.05) is 6.61 Å². The molecule has 8 heteroatoms. The molecule has 1 rings (SSSR count). The van der Waals surface area contributed by atoms with E-state index >= 15 is 0 Å². The molecule has 4 N–H and O–H groups in total. The average Bonchev–Trinajstić information content (AvgIpc) is 2.18. The van der Waals surface area contributed by atoms with Crippen molar-refractivity contribution in [3.8, 4) is 0 Å². The Hall–Kier alpha value is -1.64. The molecule has 0 spiro atoms. The van der Waals surface area contributed by atoms with Crippen LogP contribution in [0.4, 0.5) is 5.69 Å². The Morgan fingerprint density at radius 2 is 2.00 bits per heavy atom. The summed E-state index contributed by atoms with van der Waals surface area (Å²) in [5.74, 6) is -1.34. The van der Waals surface area contributed by atoms with E-state index in [1.807, 2.05) is 0 Å². The Kier molecular flexibility index (Phi) is 4.05. The number of hydrogen-bond acceptors (Lipinski definition) is 4. The van der Waals surface area contributed by atoms with Gasteiger partial charge in [-0.25, -0.2) is 4.79 Å². The fourth-order valence-corrected chi connectivity index (χ4v) is 1.86. The molecule has 0 unspecified atom stereocenters. The Morgan fingerprint density at radius 3 is 2.47 bits per heavy atom. The van der Waals surface area contributed by atoms with Crippen LogP contribution in [0.25, 0.3) is 0 Å². The summed E-state index contributed by atoms with van der Waals surface area (Å²) >= 11 is 0. The number of aliphatic hydroxyl groups is 1. The highest BCUT2D eigenvalue weighted by molar-refractivity contribution is 7.87. The smallest absolute Gasteiger partial charge is 0.357 e. The molecule has 0 heterocycles. The van der Waals surface area contributed by atoms with E-state index in [4.69, 9.17) is 14.8 Å². The highest BCUT2D eigenvalue weighted by Gasteiger charge is 2.17. The second kappa shape index (κ2) is 5.13. The summed E-state index contributed by atoms with van der Waals surface area (Å²) in [5, 5.41) is 17.7. The minimum atomic E-state index is -4.57. The summed E-state index contributed by atoms with van der Waals surface area (Å²) in [6.45, 7) is -0.275. The summed E-state index contributed by atoms with van der Waals surface area (Å²) in [4.78, 5) is 10.9. The first-order chi connectivity index (χ1) is 7.85. The van der Waals surface area contributed by atoms with Gasteiger partial charge >= 0.3 is 16.3 Å². The van der Waals surface area contributed by atoms with Crippen LogP contribution in [-0.2, 0) is 16.7 Å². The lowest BCUT2D eigenvalue weighted by atomic mass is 10.1. The van der Waals surface area contributed by atoms with E-state index in [2.05, 4.69) is 0 Å². The minimum absolute atomic E-state index is 0.0684. The summed E-state index contributed by atoms with van der Waals surface area (Å²) in [6.07, 6.45) is 0.0684. The van der Waals surface area contributed by atoms with Gasteiger partial charge in [0.05, 0.1) is 11.3 Å². The van der Waals surface area contributed by atoms with Crippen LogP contribution < -0.4 is 4.72 Å². The summed E-state index contributed by atoms with van der Waals surface area (Å²) < 4.78 is 31.8. The van der Waals surface area contributed by atoms with Crippen LogP contribution in [0.5, 0.6) is 0 Å². The zero-order valence-corrected chi connectivity index (χ0v) is 9.44. The predicted molar refractivity (Wildman–Crippen MR) is 59.4 cm³/mol. The highest BCUT2D eigenvalue weighted by atomic mass is 32.2. The van der Waals surface area contributed by atoms with Crippen molar-refractivity contribution in [1.82, 2.24) is 0 Å². The lowest BCUT2D eigenvalue weighted by Gasteiger charge is -2.11. The van der Waals surface area contributed by atoms with Crippen molar-refractivity contribution in [2.24, 2.45) is 0 Å². The van der Waals surface area contributed by atoms with Gasteiger partial charge in [-0.3, -0.25) is 9.27 Å².